The van der Waals surface area contributed by atoms with E-state index >= 15 is 0 Å². The summed E-state index contributed by atoms with van der Waals surface area (Å²) in [5.41, 5.74) is 1.64. The summed E-state index contributed by atoms with van der Waals surface area (Å²) in [6.45, 7) is 5.14. The first-order valence-electron chi connectivity index (χ1n) is 10.3. The van der Waals surface area contributed by atoms with Crippen LogP contribution < -0.4 is 15.0 Å². The predicted molar refractivity (Wildman–Crippen MR) is 114 cm³/mol. The Morgan fingerprint density at radius 1 is 1.10 bits per heavy atom. The smallest absolute Gasteiger partial charge is 0.227 e. The second-order valence-electron chi connectivity index (χ2n) is 7.43. The topological polar surface area (TPSA) is 77.3 Å². The third kappa shape index (κ3) is 4.36. The minimum Gasteiger partial charge on any atom is -0.495 e. The van der Waals surface area contributed by atoms with Crippen LogP contribution in [0.1, 0.15) is 31.2 Å². The number of nitriles is 1. The van der Waals surface area contributed by atoms with Crippen molar-refractivity contribution < 1.29 is 4.74 Å². The zero-order valence-corrected chi connectivity index (χ0v) is 16.9. The summed E-state index contributed by atoms with van der Waals surface area (Å²) in [4.78, 5) is 14.1. The van der Waals surface area contributed by atoms with Gasteiger partial charge in [0.2, 0.25) is 5.95 Å². The number of likely N-dealkylation sites (tertiary alicyclic amines) is 1. The number of hydrogen-bond acceptors (Lipinski definition) is 7. The molecule has 0 spiro atoms. The predicted octanol–water partition coefficient (Wildman–Crippen LogP) is 2.62. The van der Waals surface area contributed by atoms with Crippen molar-refractivity contribution in [1.82, 2.24) is 14.9 Å². The summed E-state index contributed by atoms with van der Waals surface area (Å²) in [7, 11) is 1.65. The van der Waals surface area contributed by atoms with Gasteiger partial charge in [-0.25, -0.2) is 4.98 Å². The summed E-state index contributed by atoms with van der Waals surface area (Å²) >= 11 is 0. The number of benzene rings is 1. The molecule has 0 amide bonds. The van der Waals surface area contributed by atoms with Crippen LogP contribution >= 0.6 is 0 Å². The van der Waals surface area contributed by atoms with Crippen molar-refractivity contribution >= 4 is 22.7 Å². The highest BCUT2D eigenvalue weighted by Gasteiger charge is 2.18. The molecule has 1 aromatic heterocycles. The van der Waals surface area contributed by atoms with Crippen molar-refractivity contribution in [1.29, 1.82) is 5.26 Å². The maximum absolute atomic E-state index is 9.00. The first-order chi connectivity index (χ1) is 14.3. The Bertz CT molecular complexity index is 975. The van der Waals surface area contributed by atoms with Crippen molar-refractivity contribution in [3.8, 4) is 23.7 Å². The maximum Gasteiger partial charge on any atom is 0.227 e. The van der Waals surface area contributed by atoms with Crippen molar-refractivity contribution in [3.63, 3.8) is 0 Å². The van der Waals surface area contributed by atoms with Crippen LogP contribution in [0.3, 0.4) is 0 Å². The lowest BCUT2D eigenvalue weighted by Gasteiger charge is -2.18. The second-order valence-corrected chi connectivity index (χ2v) is 7.43. The Morgan fingerprint density at radius 3 is 2.59 bits per heavy atom. The number of ether oxygens (including phenoxy) is 1. The van der Waals surface area contributed by atoms with Gasteiger partial charge in [-0.2, -0.15) is 10.2 Å². The molecule has 4 rings (SSSR count). The molecule has 7 heteroatoms. The molecule has 2 aromatic rings. The number of nitrogens with one attached hydrogen (secondary N) is 1. The number of aromatic nitrogens is 2. The van der Waals surface area contributed by atoms with Crippen molar-refractivity contribution in [2.75, 3.05) is 56.6 Å². The Hall–Kier alpha value is -3.03. The van der Waals surface area contributed by atoms with E-state index in [0.29, 0.717) is 17.5 Å². The van der Waals surface area contributed by atoms with Crippen LogP contribution in [0.15, 0.2) is 12.1 Å². The van der Waals surface area contributed by atoms with Crippen LogP contribution in [0, 0.1) is 23.2 Å². The molecule has 7 nitrogen and oxygen atoms in total. The van der Waals surface area contributed by atoms with Crippen molar-refractivity contribution in [3.05, 3.63) is 17.7 Å². The highest BCUT2D eigenvalue weighted by Crippen LogP contribution is 2.31. The lowest BCUT2D eigenvalue weighted by Crippen LogP contribution is -2.21. The monoisotopic (exact) mass is 390 g/mol. The minimum atomic E-state index is 0.186. The first-order valence-corrected chi connectivity index (χ1v) is 10.3. The second kappa shape index (κ2) is 8.98. The van der Waals surface area contributed by atoms with E-state index in [9.17, 15) is 0 Å². The van der Waals surface area contributed by atoms with Crippen molar-refractivity contribution in [2.24, 2.45) is 0 Å². The highest BCUT2D eigenvalue weighted by atomic mass is 16.5. The molecule has 3 heterocycles. The summed E-state index contributed by atoms with van der Waals surface area (Å²) in [6, 6.07) is 6.02. The molecule has 0 saturated carbocycles. The van der Waals surface area contributed by atoms with Crippen LogP contribution in [0.2, 0.25) is 0 Å². The Morgan fingerprint density at radius 2 is 1.86 bits per heavy atom. The third-order valence-electron chi connectivity index (χ3n) is 5.45. The highest BCUT2D eigenvalue weighted by molar-refractivity contribution is 5.92. The zero-order valence-electron chi connectivity index (χ0n) is 16.9. The fraction of sp³-hybridized carbons (Fsp3) is 0.500. The molecule has 2 saturated heterocycles. The Kier molecular flexibility index (Phi) is 5.97. The van der Waals surface area contributed by atoms with Gasteiger partial charge in [0.15, 0.2) is 0 Å². The SMILES string of the molecule is COc1cc2c(NCC#N)nc(N3CCCC3)nc2cc1C#CCN1CCCC1. The van der Waals surface area contributed by atoms with Crippen LogP contribution in [0.4, 0.5) is 11.8 Å². The van der Waals surface area contributed by atoms with Gasteiger partial charge >= 0.3 is 0 Å². The first kappa shape index (κ1) is 19.3. The van der Waals surface area contributed by atoms with Crippen molar-refractivity contribution in [2.45, 2.75) is 25.7 Å². The summed E-state index contributed by atoms with van der Waals surface area (Å²) < 4.78 is 5.59. The van der Waals surface area contributed by atoms with E-state index in [1.807, 2.05) is 12.1 Å². The molecule has 0 atom stereocenters. The molecular formula is C22H26N6O. The Balaban J connectivity index is 1.72. The van der Waals surface area contributed by atoms with E-state index in [2.05, 4.69) is 33.0 Å². The fourth-order valence-electron chi connectivity index (χ4n) is 3.91. The number of rotatable bonds is 5. The van der Waals surface area contributed by atoms with Crippen LogP contribution in [-0.2, 0) is 0 Å². The molecule has 0 bridgehead atoms. The van der Waals surface area contributed by atoms with Gasteiger partial charge in [0.1, 0.15) is 18.1 Å². The molecule has 1 N–H and O–H groups in total. The lowest BCUT2D eigenvalue weighted by atomic mass is 10.1. The van der Waals surface area contributed by atoms with E-state index in [-0.39, 0.29) is 6.54 Å². The molecule has 0 unspecified atom stereocenters. The number of fused-ring (bicyclic) bond motifs is 1. The molecule has 2 fully saturated rings. The van der Waals surface area contributed by atoms with Gasteiger partial charge in [-0.1, -0.05) is 11.8 Å². The maximum atomic E-state index is 9.00. The molecule has 2 aliphatic rings. The largest absolute Gasteiger partial charge is 0.495 e. The van der Waals surface area contributed by atoms with E-state index in [0.717, 1.165) is 62.0 Å². The van der Waals surface area contributed by atoms with Gasteiger partial charge in [0, 0.05) is 18.5 Å². The number of nitrogens with zero attached hydrogens (tertiary/aromatic N) is 5. The lowest BCUT2D eigenvalue weighted by molar-refractivity contribution is 0.383. The number of hydrogen-bond donors (Lipinski definition) is 1. The molecule has 0 aliphatic carbocycles. The molecule has 0 radical (unpaired) electrons. The van der Waals surface area contributed by atoms with E-state index in [4.69, 9.17) is 20.0 Å². The number of anilines is 2. The van der Waals surface area contributed by atoms with Crippen LogP contribution in [0.5, 0.6) is 5.75 Å². The van der Waals surface area contributed by atoms with E-state index in [1.165, 1.54) is 12.8 Å². The zero-order chi connectivity index (χ0) is 20.1. The van der Waals surface area contributed by atoms with Gasteiger partial charge in [0.25, 0.3) is 0 Å². The van der Waals surface area contributed by atoms with Gasteiger partial charge in [0.05, 0.1) is 30.8 Å². The number of methoxy groups -OCH3 is 1. The van der Waals surface area contributed by atoms with Crippen LogP contribution in [-0.4, -0.2) is 61.2 Å². The van der Waals surface area contributed by atoms with Crippen LogP contribution in [0.25, 0.3) is 10.9 Å². The summed E-state index contributed by atoms with van der Waals surface area (Å²) in [5, 5.41) is 13.0. The van der Waals surface area contributed by atoms with Gasteiger partial charge < -0.3 is 15.0 Å². The molecule has 150 valence electrons. The van der Waals surface area contributed by atoms with Gasteiger partial charge in [-0.15, -0.1) is 0 Å². The molecular weight excluding hydrogens is 364 g/mol. The Labute approximate surface area is 171 Å². The fourth-order valence-corrected chi connectivity index (χ4v) is 3.91. The normalized spacial score (nSPS) is 16.5. The van der Waals surface area contributed by atoms with E-state index in [1.54, 1.807) is 7.11 Å². The summed E-state index contributed by atoms with van der Waals surface area (Å²) in [5.74, 6) is 8.62. The molecule has 1 aromatic carbocycles. The standard InChI is InChI=1S/C22H26N6O/c1-29-20-16-18-19(15-17(20)7-6-12-27-10-2-3-11-27)25-22(28-13-4-5-14-28)26-21(18)24-9-8-23/h15-16H,2-5,9-14H2,1H3,(H,24,25,26). The average molecular weight is 390 g/mol. The summed E-state index contributed by atoms with van der Waals surface area (Å²) in [6.07, 6.45) is 4.82. The van der Waals surface area contributed by atoms with Gasteiger partial charge in [-0.05, 0) is 50.9 Å². The molecule has 2 aliphatic heterocycles. The van der Waals surface area contributed by atoms with Gasteiger partial charge in [-0.3, -0.25) is 4.90 Å². The third-order valence-corrected chi connectivity index (χ3v) is 5.45. The molecule has 29 heavy (non-hydrogen) atoms. The quantitative estimate of drug-likeness (QED) is 0.621. The minimum absolute atomic E-state index is 0.186. The van der Waals surface area contributed by atoms with E-state index < -0.39 is 0 Å². The average Bonchev–Trinajstić information content (AvgIpc) is 3.45.